The van der Waals surface area contributed by atoms with Crippen molar-refractivity contribution in [3.8, 4) is 46.0 Å². The molecule has 0 saturated carbocycles. The summed E-state index contributed by atoms with van der Waals surface area (Å²) in [5, 5.41) is 72.7. The van der Waals surface area contributed by atoms with Crippen LogP contribution in [0.2, 0.25) is 0 Å². The number of unbranched alkanes of at least 4 members (excludes halogenated alkanes) is 6. The topological polar surface area (TPSA) is 177 Å². The molecule has 10 nitrogen and oxygen atoms in total. The second kappa shape index (κ2) is 36.4. The number of carboxylic acids is 1. The molecule has 0 bridgehead atoms. The molecule has 4 aromatic carbocycles. The molecule has 508 valence electrons. The molecule has 6 atom stereocenters. The van der Waals surface area contributed by atoms with Crippen LogP contribution in [0.5, 0.6) is 46.0 Å². The number of allylic oxidation sites excluding steroid dienone is 10. The van der Waals surface area contributed by atoms with Gasteiger partial charge in [0.1, 0.15) is 62.8 Å². The van der Waals surface area contributed by atoms with Gasteiger partial charge in [-0.05, 0) is 266 Å². The summed E-state index contributed by atoms with van der Waals surface area (Å²) in [5.74, 6) is 1.34. The lowest BCUT2D eigenvalue weighted by Gasteiger charge is -2.32. The maximum atomic E-state index is 11.8. The van der Waals surface area contributed by atoms with Crippen molar-refractivity contribution in [3.63, 3.8) is 0 Å². The zero-order valence-electron chi connectivity index (χ0n) is 59.3. The maximum Gasteiger partial charge on any atom is 0.339 e. The van der Waals surface area contributed by atoms with Crippen LogP contribution in [0.15, 0.2) is 126 Å². The minimum absolute atomic E-state index is 0.0194. The fraction of sp³-hybridized carbons (Fsp3) is 0.506. The monoisotopic (exact) mass is 1270 g/mol. The third-order valence-corrected chi connectivity index (χ3v) is 18.6. The van der Waals surface area contributed by atoms with Gasteiger partial charge in [0.15, 0.2) is 0 Å². The number of benzene rings is 4. The molecule has 0 aromatic heterocycles. The highest BCUT2D eigenvalue weighted by Crippen LogP contribution is 2.50. The van der Waals surface area contributed by atoms with Crippen LogP contribution < -0.4 is 9.47 Å². The van der Waals surface area contributed by atoms with Gasteiger partial charge in [0.25, 0.3) is 0 Å². The van der Waals surface area contributed by atoms with Gasteiger partial charge in [-0.15, -0.1) is 0 Å². The third kappa shape index (κ3) is 22.4. The summed E-state index contributed by atoms with van der Waals surface area (Å²) in [7, 11) is 0. The predicted molar refractivity (Wildman–Crippen MR) is 388 cm³/mol. The van der Waals surface area contributed by atoms with Crippen LogP contribution in [0, 0.1) is 11.8 Å². The van der Waals surface area contributed by atoms with Crippen molar-refractivity contribution in [3.05, 3.63) is 176 Å². The van der Waals surface area contributed by atoms with E-state index in [1.54, 1.807) is 0 Å². The summed E-state index contributed by atoms with van der Waals surface area (Å²) in [6.07, 6.45) is 38.9. The Labute approximate surface area is 560 Å². The fourth-order valence-electron chi connectivity index (χ4n) is 13.3. The van der Waals surface area contributed by atoms with Gasteiger partial charge in [-0.2, -0.15) is 0 Å². The van der Waals surface area contributed by atoms with E-state index in [9.17, 15) is 40.5 Å². The molecule has 0 amide bonds. The molecule has 0 saturated heterocycles. The van der Waals surface area contributed by atoms with Gasteiger partial charge in [-0.3, -0.25) is 0 Å². The Kier molecular flexibility index (Phi) is 29.9. The first-order chi connectivity index (χ1) is 44.1. The zero-order chi connectivity index (χ0) is 68.7. The lowest BCUT2D eigenvalue weighted by molar-refractivity contribution is 0.0691. The summed E-state index contributed by atoms with van der Waals surface area (Å²) in [5.41, 5.74) is 13.0. The van der Waals surface area contributed by atoms with Gasteiger partial charge >= 0.3 is 5.97 Å². The number of phenolic OH excluding ortho intramolecular Hbond substituents is 5. The number of phenols is 6. The lowest BCUT2D eigenvalue weighted by atomic mass is 9.73. The number of hydrogen-bond acceptors (Lipinski definition) is 9. The normalized spacial score (nSPS) is 20.0. The quantitative estimate of drug-likeness (QED) is 0.0250. The molecule has 4 aliphatic rings. The average Bonchev–Trinajstić information content (AvgIpc) is 0.809. The van der Waals surface area contributed by atoms with Crippen molar-refractivity contribution in [2.75, 3.05) is 0 Å². The van der Waals surface area contributed by atoms with Crippen molar-refractivity contribution in [2.24, 2.45) is 11.8 Å². The second-order valence-corrected chi connectivity index (χ2v) is 27.9. The summed E-state index contributed by atoms with van der Waals surface area (Å²) in [6, 6.07) is 13.1. The Balaban J connectivity index is 0.000000225. The van der Waals surface area contributed by atoms with Crippen LogP contribution in [0.3, 0.4) is 0 Å². The Hall–Kier alpha value is -7.33. The molecule has 93 heavy (non-hydrogen) atoms. The number of fused-ring (bicyclic) bond motifs is 2. The maximum absolute atomic E-state index is 11.8. The van der Waals surface area contributed by atoms with Crippen LogP contribution >= 0.6 is 0 Å². The van der Waals surface area contributed by atoms with Gasteiger partial charge < -0.3 is 45.2 Å². The minimum Gasteiger partial charge on any atom is -0.507 e. The van der Waals surface area contributed by atoms with E-state index in [0.29, 0.717) is 34.6 Å². The predicted octanol–water partition coefficient (Wildman–Crippen LogP) is 22.7. The Morgan fingerprint density at radius 1 is 0.527 bits per heavy atom. The van der Waals surface area contributed by atoms with Crippen molar-refractivity contribution in [1.82, 2.24) is 0 Å². The molecule has 7 N–H and O–H groups in total. The molecule has 0 fully saturated rings. The number of rotatable bonds is 25. The Morgan fingerprint density at radius 3 is 1.31 bits per heavy atom. The molecular weight excluding hydrogens is 1160 g/mol. The van der Waals surface area contributed by atoms with Gasteiger partial charge in [0.2, 0.25) is 0 Å². The summed E-state index contributed by atoms with van der Waals surface area (Å²) in [4.78, 5) is 11.8. The van der Waals surface area contributed by atoms with Crippen LogP contribution in [0.1, 0.15) is 279 Å². The fourth-order valence-corrected chi connectivity index (χ4v) is 13.3. The van der Waals surface area contributed by atoms with Gasteiger partial charge in [0.05, 0.1) is 11.1 Å². The van der Waals surface area contributed by atoms with E-state index >= 15 is 0 Å². The molecule has 2 heterocycles. The Bertz CT molecular complexity index is 3350. The molecule has 4 aromatic rings. The van der Waals surface area contributed by atoms with Crippen molar-refractivity contribution in [1.29, 1.82) is 0 Å². The first-order valence-electron chi connectivity index (χ1n) is 34.8. The molecule has 8 rings (SSSR count). The van der Waals surface area contributed by atoms with Crippen LogP contribution in [0.25, 0.3) is 12.2 Å². The number of aryl methyl sites for hydroxylation is 4. The first kappa shape index (κ1) is 76.4. The SMILES string of the molecule is C=C(C)[C@@H]1CCC(C)=C[C@H]1c1c(O)cc(CCCCC)c(C(=O)O)c1O.C=C(C)[C@@H]1CCC(C)=C[C@H]1c1c(O)cc(CCCCC)cc1O.CCCCCc1cc(O)c2c(c1)OC(C)(CCC=C(C)C)C=C2.CCCc1cc(O)c2c(c1)OC(C)(CCC=C(C)C)C=C2. The highest BCUT2D eigenvalue weighted by Gasteiger charge is 2.35. The van der Waals surface area contributed by atoms with E-state index in [0.717, 1.165) is 160 Å². The standard InChI is InChI=1S/C22H30O4.2C21H30O2.C19H26O2/c1-5-6-7-8-15-12-18(23)20(21(24)19(15)22(25)26)17-11-14(4)9-10-16(17)13(2)3;1-5-6-7-10-17-14-19(22)18-11-13-21(4,23-20(18)15-17)12-8-9-16(2)3;1-5-6-7-8-16-12-19(22)21(20(23)13-16)18-11-15(4)9-10-17(18)14(2)3;1-5-7-15-12-17(20)16-9-11-19(4,21-18(16)13-15)10-6-8-14(2)3/h11-12,16-17,23-24H,2,5-10H2,1,3-4H3,(H,25,26);9,11,13-15,22H,5-8,10,12H2,1-4H3;11-13,17-18,22-23H,2,5-10H2,1,3-4H3;8-9,11-13,20H,5-7,10H2,1-4H3/t16-,17+;;17-,18+;/m0.0./s1. The molecule has 2 unspecified atom stereocenters. The number of carbonyl (C=O) groups is 1. The van der Waals surface area contributed by atoms with E-state index in [2.05, 4.69) is 132 Å². The summed E-state index contributed by atoms with van der Waals surface area (Å²) in [6.45, 7) is 37.6. The summed E-state index contributed by atoms with van der Waals surface area (Å²) >= 11 is 0. The highest BCUT2D eigenvalue weighted by atomic mass is 16.5. The van der Waals surface area contributed by atoms with Gasteiger partial charge in [-0.1, -0.05) is 144 Å². The summed E-state index contributed by atoms with van der Waals surface area (Å²) < 4.78 is 12.4. The minimum atomic E-state index is -1.15. The lowest BCUT2D eigenvalue weighted by Crippen LogP contribution is -2.31. The highest BCUT2D eigenvalue weighted by molar-refractivity contribution is 5.94. The molecule has 2 aliphatic carbocycles. The first-order valence-corrected chi connectivity index (χ1v) is 34.8. The largest absolute Gasteiger partial charge is 0.507 e. The molecule has 0 radical (unpaired) electrons. The number of carboxylic acid groups (broad SMARTS) is 1. The van der Waals surface area contributed by atoms with Gasteiger partial charge in [0, 0.05) is 23.0 Å². The van der Waals surface area contributed by atoms with Crippen LogP contribution in [-0.4, -0.2) is 52.9 Å². The van der Waals surface area contributed by atoms with Crippen LogP contribution in [-0.2, 0) is 25.7 Å². The number of aromatic hydroxyl groups is 6. The number of aromatic carboxylic acids is 1. The molecule has 2 aliphatic heterocycles. The average molecular weight is 1270 g/mol. The second-order valence-electron chi connectivity index (χ2n) is 27.9. The van der Waals surface area contributed by atoms with Crippen molar-refractivity contribution < 1.29 is 50.0 Å². The van der Waals surface area contributed by atoms with E-state index in [4.69, 9.17) is 9.47 Å². The van der Waals surface area contributed by atoms with E-state index in [1.807, 2.05) is 63.3 Å². The Morgan fingerprint density at radius 2 is 0.914 bits per heavy atom. The number of hydrogen-bond donors (Lipinski definition) is 7. The molecule has 10 heteroatoms. The van der Waals surface area contributed by atoms with Crippen molar-refractivity contribution >= 4 is 18.1 Å². The van der Waals surface area contributed by atoms with E-state index in [1.165, 1.54) is 54.0 Å². The molecule has 0 spiro atoms. The zero-order valence-corrected chi connectivity index (χ0v) is 59.3. The van der Waals surface area contributed by atoms with Crippen molar-refractivity contribution in [2.45, 2.75) is 261 Å². The van der Waals surface area contributed by atoms with E-state index in [-0.39, 0.29) is 63.4 Å². The van der Waals surface area contributed by atoms with Crippen LogP contribution in [0.4, 0.5) is 0 Å². The smallest absolute Gasteiger partial charge is 0.339 e. The van der Waals surface area contributed by atoms with E-state index < -0.39 is 5.97 Å². The van der Waals surface area contributed by atoms with Gasteiger partial charge in [-0.25, -0.2) is 4.79 Å². The molecular formula is C83H116O10. The number of ether oxygens (including phenoxy) is 2. The third-order valence-electron chi connectivity index (χ3n) is 18.6.